The highest BCUT2D eigenvalue weighted by Gasteiger charge is 2.45. The van der Waals surface area contributed by atoms with Crippen LogP contribution < -0.4 is 4.74 Å². The van der Waals surface area contributed by atoms with Gasteiger partial charge in [-0.2, -0.15) is 13.2 Å². The molecule has 0 atom stereocenters. The third-order valence-corrected chi connectivity index (χ3v) is 8.80. The van der Waals surface area contributed by atoms with Crippen LogP contribution in [0.15, 0.2) is 29.4 Å². The summed E-state index contributed by atoms with van der Waals surface area (Å²) in [7, 11) is 0. The molecule has 0 aromatic heterocycles. The average Bonchev–Trinajstić information content (AvgIpc) is 2.91. The van der Waals surface area contributed by atoms with Gasteiger partial charge in [-0.25, -0.2) is 26.3 Å². The van der Waals surface area contributed by atoms with Gasteiger partial charge in [0.05, 0.1) is 5.92 Å². The molecule has 2 aliphatic rings. The molecule has 2 aromatic carbocycles. The molecule has 11 heteroatoms. The summed E-state index contributed by atoms with van der Waals surface area (Å²) in [6.07, 6.45) is -0.331. The molecule has 0 heterocycles. The zero-order valence-corrected chi connectivity index (χ0v) is 22.5. The minimum atomic E-state index is -3.70. The third-order valence-electron chi connectivity index (χ3n) is 8.08. The summed E-state index contributed by atoms with van der Waals surface area (Å²) < 4.78 is 132. The van der Waals surface area contributed by atoms with Crippen LogP contribution >= 0.6 is 11.8 Å². The molecular formula is C29H29F9OS. The highest BCUT2D eigenvalue weighted by molar-refractivity contribution is 8.03. The van der Waals surface area contributed by atoms with Crippen molar-refractivity contribution in [2.75, 3.05) is 5.75 Å². The van der Waals surface area contributed by atoms with Crippen molar-refractivity contribution in [2.24, 2.45) is 17.8 Å². The molecule has 1 nitrogen and oxygen atoms in total. The van der Waals surface area contributed by atoms with E-state index in [1.807, 2.05) is 0 Å². The summed E-state index contributed by atoms with van der Waals surface area (Å²) in [5.74, 6) is -10.00. The normalized spacial score (nSPS) is 24.6. The third kappa shape index (κ3) is 6.77. The Morgan fingerprint density at radius 1 is 0.775 bits per heavy atom. The fourth-order valence-corrected chi connectivity index (χ4v) is 6.54. The van der Waals surface area contributed by atoms with E-state index in [0.717, 1.165) is 12.1 Å². The molecule has 0 amide bonds. The molecule has 0 N–H and O–H groups in total. The Bertz CT molecular complexity index is 1190. The second kappa shape index (κ2) is 12.7. The number of ether oxygens (including phenoxy) is 1. The number of hydrogen-bond acceptors (Lipinski definition) is 2. The van der Waals surface area contributed by atoms with E-state index < -0.39 is 69.3 Å². The molecule has 2 saturated carbocycles. The van der Waals surface area contributed by atoms with Gasteiger partial charge in [-0.15, -0.1) is 0 Å². The van der Waals surface area contributed by atoms with Crippen LogP contribution in [0, 0.1) is 46.8 Å². The predicted octanol–water partition coefficient (Wildman–Crippen LogP) is 10.5. The summed E-state index contributed by atoms with van der Waals surface area (Å²) >= 11 is 0.600. The van der Waals surface area contributed by atoms with E-state index in [2.05, 4.69) is 4.74 Å². The predicted molar refractivity (Wildman–Crippen MR) is 136 cm³/mol. The SMILES string of the molecule is CCSC(F)=C(F)c1cc(F)c(C2CCC(C3CCC(C(F)(F)Oc4cc(F)c(F)c(F)c4)CC3)CC2)c(F)c1. The first-order valence-corrected chi connectivity index (χ1v) is 14.3. The van der Waals surface area contributed by atoms with Crippen molar-refractivity contribution in [2.45, 2.75) is 70.3 Å². The number of benzene rings is 2. The topological polar surface area (TPSA) is 9.23 Å². The van der Waals surface area contributed by atoms with E-state index in [1.165, 1.54) is 0 Å². The molecule has 0 unspecified atom stereocenters. The van der Waals surface area contributed by atoms with Gasteiger partial charge in [0.25, 0.3) is 0 Å². The summed E-state index contributed by atoms with van der Waals surface area (Å²) in [6, 6.07) is 2.39. The first-order chi connectivity index (χ1) is 18.9. The van der Waals surface area contributed by atoms with Gasteiger partial charge in [-0.3, -0.25) is 0 Å². The van der Waals surface area contributed by atoms with Gasteiger partial charge >= 0.3 is 6.11 Å². The molecule has 2 aliphatic carbocycles. The van der Waals surface area contributed by atoms with E-state index in [9.17, 15) is 39.5 Å². The number of rotatable bonds is 8. The van der Waals surface area contributed by atoms with E-state index in [4.69, 9.17) is 0 Å². The Balaban J connectivity index is 1.33. The van der Waals surface area contributed by atoms with Gasteiger partial charge in [0.15, 0.2) is 28.4 Å². The summed E-state index contributed by atoms with van der Waals surface area (Å²) in [6.45, 7) is 1.62. The van der Waals surface area contributed by atoms with Crippen LogP contribution in [0.1, 0.15) is 75.3 Å². The van der Waals surface area contributed by atoms with Crippen LogP contribution in [0.4, 0.5) is 39.5 Å². The fraction of sp³-hybridized carbons (Fsp3) is 0.517. The first-order valence-electron chi connectivity index (χ1n) is 13.3. The number of halogens is 9. The van der Waals surface area contributed by atoms with Crippen molar-refractivity contribution in [1.82, 2.24) is 0 Å². The van der Waals surface area contributed by atoms with Crippen molar-refractivity contribution in [3.8, 4) is 5.75 Å². The lowest BCUT2D eigenvalue weighted by atomic mass is 9.68. The van der Waals surface area contributed by atoms with Crippen LogP contribution in [-0.2, 0) is 0 Å². The number of alkyl halides is 2. The van der Waals surface area contributed by atoms with Gasteiger partial charge in [-0.05, 0) is 87.0 Å². The van der Waals surface area contributed by atoms with E-state index in [0.29, 0.717) is 62.4 Å². The van der Waals surface area contributed by atoms with Crippen molar-refractivity contribution in [3.05, 3.63) is 69.6 Å². The van der Waals surface area contributed by atoms with Crippen LogP contribution in [0.25, 0.3) is 5.83 Å². The molecule has 4 rings (SSSR count). The minimum absolute atomic E-state index is 0.112. The quantitative estimate of drug-likeness (QED) is 0.222. The second-order valence-electron chi connectivity index (χ2n) is 10.5. The largest absolute Gasteiger partial charge is 0.432 e. The van der Waals surface area contributed by atoms with Gasteiger partial charge in [0.2, 0.25) is 0 Å². The summed E-state index contributed by atoms with van der Waals surface area (Å²) in [5.41, 5.74) is -0.633. The van der Waals surface area contributed by atoms with Crippen LogP contribution in [0.5, 0.6) is 5.75 Å². The Labute approximate surface area is 231 Å². The number of hydrogen-bond donors (Lipinski definition) is 0. The smallest absolute Gasteiger partial charge is 0.400 e. The Kier molecular flexibility index (Phi) is 9.73. The molecule has 0 spiro atoms. The summed E-state index contributed by atoms with van der Waals surface area (Å²) in [5, 5.41) is -1.13. The maximum Gasteiger partial charge on any atom is 0.400 e. The Morgan fingerprint density at radius 3 is 1.77 bits per heavy atom. The maximum atomic E-state index is 14.8. The van der Waals surface area contributed by atoms with Crippen LogP contribution in [-0.4, -0.2) is 11.9 Å². The molecule has 40 heavy (non-hydrogen) atoms. The zero-order valence-electron chi connectivity index (χ0n) is 21.7. The van der Waals surface area contributed by atoms with Crippen molar-refractivity contribution >= 4 is 17.6 Å². The number of thioether (sulfide) groups is 1. The molecule has 2 aromatic rings. The van der Waals surface area contributed by atoms with Gasteiger partial charge in [0, 0.05) is 23.3 Å². The molecule has 0 saturated heterocycles. The first kappa shape index (κ1) is 30.7. The zero-order chi connectivity index (χ0) is 29.2. The standard InChI is InChI=1S/C29H29F9OS/c1-2-40-28(36)26(34)18-11-21(30)25(22(31)12-18)17-5-3-15(4-6-17)16-7-9-19(10-8-16)29(37,38)39-20-13-23(32)27(35)24(33)14-20/h11-17,19H,2-10H2,1H3. The van der Waals surface area contributed by atoms with Crippen molar-refractivity contribution in [3.63, 3.8) is 0 Å². The van der Waals surface area contributed by atoms with E-state index in [1.54, 1.807) is 6.92 Å². The second-order valence-corrected chi connectivity index (χ2v) is 11.7. The molecule has 0 bridgehead atoms. The lowest BCUT2D eigenvalue weighted by Crippen LogP contribution is -2.38. The van der Waals surface area contributed by atoms with Gasteiger partial charge < -0.3 is 4.74 Å². The van der Waals surface area contributed by atoms with E-state index >= 15 is 0 Å². The molecular weight excluding hydrogens is 567 g/mol. The van der Waals surface area contributed by atoms with Gasteiger partial charge in [0.1, 0.15) is 17.4 Å². The van der Waals surface area contributed by atoms with Crippen LogP contribution in [0.3, 0.4) is 0 Å². The van der Waals surface area contributed by atoms with Crippen LogP contribution in [0.2, 0.25) is 0 Å². The van der Waals surface area contributed by atoms with Crippen molar-refractivity contribution in [1.29, 1.82) is 0 Å². The highest BCUT2D eigenvalue weighted by atomic mass is 32.2. The lowest BCUT2D eigenvalue weighted by molar-refractivity contribution is -0.224. The molecule has 0 aliphatic heterocycles. The fourth-order valence-electron chi connectivity index (χ4n) is 6.04. The summed E-state index contributed by atoms with van der Waals surface area (Å²) in [4.78, 5) is 0. The highest BCUT2D eigenvalue weighted by Crippen LogP contribution is 2.47. The molecule has 2 fully saturated rings. The van der Waals surface area contributed by atoms with Crippen molar-refractivity contribution < 1.29 is 44.3 Å². The average molecular weight is 597 g/mol. The van der Waals surface area contributed by atoms with Gasteiger partial charge in [-0.1, -0.05) is 18.7 Å². The minimum Gasteiger partial charge on any atom is -0.432 e. The molecule has 0 radical (unpaired) electrons. The Morgan fingerprint density at radius 2 is 1.27 bits per heavy atom. The Hall–Kier alpha value is -2.30. The molecule has 220 valence electrons. The monoisotopic (exact) mass is 596 g/mol. The van der Waals surface area contributed by atoms with E-state index in [-0.39, 0.29) is 36.0 Å². The maximum absolute atomic E-state index is 14.8. The lowest BCUT2D eigenvalue weighted by Gasteiger charge is -2.39.